The summed E-state index contributed by atoms with van der Waals surface area (Å²) in [6.45, 7) is 4.64. The van der Waals surface area contributed by atoms with E-state index < -0.39 is 0 Å². The fourth-order valence-electron chi connectivity index (χ4n) is 4.40. The molecular weight excluding hydrogens is 250 g/mol. The van der Waals surface area contributed by atoms with Crippen molar-refractivity contribution < 1.29 is 9.53 Å². The number of nitrogens with zero attached hydrogens (tertiary/aromatic N) is 1. The Labute approximate surface area is 122 Å². The van der Waals surface area contributed by atoms with Crippen molar-refractivity contribution in [3.63, 3.8) is 0 Å². The molecule has 0 aromatic carbocycles. The summed E-state index contributed by atoms with van der Waals surface area (Å²) in [5.74, 6) is 1.56. The van der Waals surface area contributed by atoms with E-state index in [9.17, 15) is 4.79 Å². The van der Waals surface area contributed by atoms with Crippen LogP contribution in [0.2, 0.25) is 0 Å². The monoisotopic (exact) mass is 277 g/mol. The summed E-state index contributed by atoms with van der Waals surface area (Å²) in [6.07, 6.45) is 7.97. The molecule has 4 atom stereocenters. The molecule has 0 aromatic rings. The van der Waals surface area contributed by atoms with E-state index in [0.29, 0.717) is 17.9 Å². The van der Waals surface area contributed by atoms with Crippen LogP contribution in [0.15, 0.2) is 11.1 Å². The molecule has 0 spiro atoms. The molecule has 0 unspecified atom stereocenters. The van der Waals surface area contributed by atoms with Crippen molar-refractivity contribution in [2.45, 2.75) is 71.1 Å². The minimum Gasteiger partial charge on any atom is -0.357 e. The summed E-state index contributed by atoms with van der Waals surface area (Å²) in [6, 6.07) is 0.363. The van der Waals surface area contributed by atoms with Gasteiger partial charge >= 0.3 is 0 Å². The molecule has 3 nitrogen and oxygen atoms in total. The number of rotatable bonds is 2. The number of ether oxygens (including phenoxy) is 1. The lowest BCUT2D eigenvalue weighted by molar-refractivity contribution is -0.141. The molecule has 0 saturated heterocycles. The molecule has 1 aliphatic heterocycles. The summed E-state index contributed by atoms with van der Waals surface area (Å²) >= 11 is 0. The zero-order valence-electron chi connectivity index (χ0n) is 13.0. The molecule has 1 saturated carbocycles. The molecule has 0 N–H and O–H groups in total. The molecule has 2 aliphatic carbocycles. The van der Waals surface area contributed by atoms with Gasteiger partial charge in [-0.2, -0.15) is 0 Å². The van der Waals surface area contributed by atoms with Crippen molar-refractivity contribution in [2.24, 2.45) is 11.8 Å². The molecule has 1 amide bonds. The Hall–Kier alpha value is -0.830. The summed E-state index contributed by atoms with van der Waals surface area (Å²) in [4.78, 5) is 14.9. The molecule has 3 aliphatic rings. The Balaban J connectivity index is 1.88. The van der Waals surface area contributed by atoms with Crippen molar-refractivity contribution in [2.75, 3.05) is 7.11 Å². The molecular formula is C17H27NO2. The Bertz CT molecular complexity index is 429. The van der Waals surface area contributed by atoms with Gasteiger partial charge in [0.15, 0.2) is 6.23 Å². The number of hydrogen-bond donors (Lipinski definition) is 0. The fourth-order valence-corrected chi connectivity index (χ4v) is 4.40. The van der Waals surface area contributed by atoms with Gasteiger partial charge in [0.25, 0.3) is 5.91 Å². The van der Waals surface area contributed by atoms with Crippen molar-refractivity contribution in [3.05, 3.63) is 11.1 Å². The van der Waals surface area contributed by atoms with Crippen LogP contribution in [0.25, 0.3) is 0 Å². The van der Waals surface area contributed by atoms with Crippen LogP contribution in [0.5, 0.6) is 0 Å². The summed E-state index contributed by atoms with van der Waals surface area (Å²) < 4.78 is 5.75. The van der Waals surface area contributed by atoms with Gasteiger partial charge in [0.05, 0.1) is 0 Å². The largest absolute Gasteiger partial charge is 0.357 e. The van der Waals surface area contributed by atoms with E-state index in [1.165, 1.54) is 24.8 Å². The highest BCUT2D eigenvalue weighted by Gasteiger charge is 2.45. The van der Waals surface area contributed by atoms with E-state index in [4.69, 9.17) is 4.74 Å². The maximum Gasteiger partial charge on any atom is 0.252 e. The van der Waals surface area contributed by atoms with Crippen LogP contribution in [0.3, 0.4) is 0 Å². The molecule has 3 heteroatoms. The Morgan fingerprint density at radius 2 is 1.85 bits per heavy atom. The highest BCUT2D eigenvalue weighted by atomic mass is 16.5. The zero-order valence-corrected chi connectivity index (χ0v) is 13.0. The second-order valence-electron chi connectivity index (χ2n) is 6.85. The third kappa shape index (κ3) is 2.11. The maximum atomic E-state index is 12.8. The van der Waals surface area contributed by atoms with Crippen LogP contribution in [0.1, 0.15) is 58.8 Å². The smallest absolute Gasteiger partial charge is 0.252 e. The van der Waals surface area contributed by atoms with E-state index in [1.54, 1.807) is 7.11 Å². The number of carbonyl (C=O) groups is 1. The van der Waals surface area contributed by atoms with Crippen LogP contribution in [-0.2, 0) is 9.53 Å². The van der Waals surface area contributed by atoms with Gasteiger partial charge in [-0.1, -0.05) is 26.7 Å². The van der Waals surface area contributed by atoms with Crippen molar-refractivity contribution in [1.29, 1.82) is 0 Å². The first kappa shape index (κ1) is 14.1. The highest BCUT2D eigenvalue weighted by molar-refractivity contribution is 5.98. The minimum atomic E-state index is -0.0736. The van der Waals surface area contributed by atoms with Gasteiger partial charge in [-0.05, 0) is 49.5 Å². The van der Waals surface area contributed by atoms with E-state index in [0.717, 1.165) is 31.3 Å². The summed E-state index contributed by atoms with van der Waals surface area (Å²) in [5.41, 5.74) is 2.36. The van der Waals surface area contributed by atoms with Crippen molar-refractivity contribution in [1.82, 2.24) is 4.90 Å². The molecule has 1 fully saturated rings. The second kappa shape index (κ2) is 5.51. The van der Waals surface area contributed by atoms with Gasteiger partial charge in [-0.3, -0.25) is 4.79 Å². The Morgan fingerprint density at radius 1 is 1.10 bits per heavy atom. The number of hydrogen-bond acceptors (Lipinski definition) is 2. The van der Waals surface area contributed by atoms with Crippen LogP contribution in [0.4, 0.5) is 0 Å². The molecule has 0 bridgehead atoms. The first-order valence-corrected chi connectivity index (χ1v) is 8.22. The van der Waals surface area contributed by atoms with Gasteiger partial charge in [0, 0.05) is 18.7 Å². The van der Waals surface area contributed by atoms with Crippen LogP contribution >= 0.6 is 0 Å². The number of amides is 1. The van der Waals surface area contributed by atoms with Crippen molar-refractivity contribution >= 4 is 5.91 Å². The van der Waals surface area contributed by atoms with E-state index in [-0.39, 0.29) is 12.1 Å². The van der Waals surface area contributed by atoms with Gasteiger partial charge in [0.2, 0.25) is 0 Å². The standard InChI is InChI=1S/C17H27NO2/c1-11-7-6-10-15(12(11)2)18-16(19)13-8-4-5-9-14(13)17(18)20-3/h11-12,15,17H,4-10H2,1-3H3/t11-,12+,15-,17-/m1/s1. The predicted octanol–water partition coefficient (Wildman–Crippen LogP) is 3.50. The van der Waals surface area contributed by atoms with Crippen LogP contribution < -0.4 is 0 Å². The average molecular weight is 277 g/mol. The van der Waals surface area contributed by atoms with Crippen molar-refractivity contribution in [3.8, 4) is 0 Å². The van der Waals surface area contributed by atoms with Gasteiger partial charge < -0.3 is 9.64 Å². The molecule has 0 aromatic heterocycles. The van der Waals surface area contributed by atoms with Gasteiger partial charge in [-0.15, -0.1) is 0 Å². The summed E-state index contributed by atoms with van der Waals surface area (Å²) in [5, 5.41) is 0. The SMILES string of the molecule is CO[C@@H]1C2=C(CCCC2)C(=O)N1[C@@H]1CCC[C@@H](C)[C@@H]1C. The lowest BCUT2D eigenvalue weighted by Crippen LogP contribution is -2.50. The van der Waals surface area contributed by atoms with E-state index in [1.807, 2.05) is 0 Å². The molecule has 112 valence electrons. The zero-order chi connectivity index (χ0) is 14.3. The topological polar surface area (TPSA) is 29.5 Å². The first-order chi connectivity index (χ1) is 9.65. The lowest BCUT2D eigenvalue weighted by Gasteiger charge is -2.42. The number of methoxy groups -OCH3 is 1. The molecule has 0 radical (unpaired) electrons. The maximum absolute atomic E-state index is 12.8. The second-order valence-corrected chi connectivity index (χ2v) is 6.85. The molecule has 1 heterocycles. The van der Waals surface area contributed by atoms with Gasteiger partial charge in [-0.25, -0.2) is 0 Å². The highest BCUT2D eigenvalue weighted by Crippen LogP contribution is 2.42. The van der Waals surface area contributed by atoms with Crippen LogP contribution in [-0.4, -0.2) is 30.2 Å². The first-order valence-electron chi connectivity index (χ1n) is 8.22. The fraction of sp³-hybridized carbons (Fsp3) is 0.824. The molecule has 20 heavy (non-hydrogen) atoms. The van der Waals surface area contributed by atoms with E-state index >= 15 is 0 Å². The molecule has 3 rings (SSSR count). The number of carbonyl (C=O) groups excluding carboxylic acids is 1. The van der Waals surface area contributed by atoms with E-state index in [2.05, 4.69) is 18.7 Å². The minimum absolute atomic E-state index is 0.0736. The van der Waals surface area contributed by atoms with Crippen LogP contribution in [0, 0.1) is 11.8 Å². The Kier molecular flexibility index (Phi) is 3.89. The Morgan fingerprint density at radius 3 is 2.60 bits per heavy atom. The summed E-state index contributed by atoms with van der Waals surface area (Å²) in [7, 11) is 1.76. The average Bonchev–Trinajstić information content (AvgIpc) is 2.75. The lowest BCUT2D eigenvalue weighted by atomic mass is 9.77. The third-order valence-corrected chi connectivity index (χ3v) is 5.80. The quantitative estimate of drug-likeness (QED) is 0.773. The predicted molar refractivity (Wildman–Crippen MR) is 79.1 cm³/mol. The van der Waals surface area contributed by atoms with Gasteiger partial charge in [0.1, 0.15) is 0 Å². The third-order valence-electron chi connectivity index (χ3n) is 5.80. The normalized spacial score (nSPS) is 38.4.